The van der Waals surface area contributed by atoms with E-state index in [1.54, 1.807) is 0 Å². The number of carbonyl (C=O) groups excluding carboxylic acids is 1. The van der Waals surface area contributed by atoms with E-state index < -0.39 is 5.41 Å². The minimum atomic E-state index is -0.450. The Balaban J connectivity index is 2.15. The molecule has 0 atom stereocenters. The van der Waals surface area contributed by atoms with Crippen LogP contribution in [0.1, 0.15) is 38.7 Å². The third-order valence-electron chi connectivity index (χ3n) is 4.53. The summed E-state index contributed by atoms with van der Waals surface area (Å²) in [6.45, 7) is 5.46. The zero-order valence-corrected chi connectivity index (χ0v) is 12.5. The van der Waals surface area contributed by atoms with Gasteiger partial charge in [-0.05, 0) is 49.4 Å². The van der Waals surface area contributed by atoms with E-state index in [1.807, 2.05) is 26.0 Å². The van der Waals surface area contributed by atoms with E-state index in [2.05, 4.69) is 16.7 Å². The van der Waals surface area contributed by atoms with Crippen LogP contribution < -0.4 is 16.4 Å². The van der Waals surface area contributed by atoms with Crippen molar-refractivity contribution < 1.29 is 4.79 Å². The molecule has 0 aliphatic carbocycles. The summed E-state index contributed by atoms with van der Waals surface area (Å²) in [6.07, 6.45) is 3.73. The van der Waals surface area contributed by atoms with Crippen molar-refractivity contribution in [3.05, 3.63) is 23.8 Å². The van der Waals surface area contributed by atoms with Crippen LogP contribution in [-0.2, 0) is 11.2 Å². The minimum Gasteiger partial charge on any atom is -0.385 e. The first kappa shape index (κ1) is 14.9. The van der Waals surface area contributed by atoms with Gasteiger partial charge in [-0.2, -0.15) is 0 Å². The topological polar surface area (TPSA) is 67.2 Å². The zero-order chi connectivity index (χ0) is 14.6. The van der Waals surface area contributed by atoms with Gasteiger partial charge in [0.15, 0.2) is 0 Å². The van der Waals surface area contributed by atoms with Crippen LogP contribution in [0, 0.1) is 5.41 Å². The molecule has 0 spiro atoms. The van der Waals surface area contributed by atoms with Crippen LogP contribution >= 0.6 is 0 Å². The first-order valence-electron chi connectivity index (χ1n) is 7.53. The Morgan fingerprint density at radius 3 is 2.80 bits per heavy atom. The van der Waals surface area contributed by atoms with Crippen molar-refractivity contribution >= 4 is 17.3 Å². The lowest BCUT2D eigenvalue weighted by Crippen LogP contribution is -2.41. The van der Waals surface area contributed by atoms with E-state index >= 15 is 0 Å². The molecule has 0 bridgehead atoms. The minimum absolute atomic E-state index is 0.0359. The monoisotopic (exact) mass is 275 g/mol. The van der Waals surface area contributed by atoms with Crippen molar-refractivity contribution in [2.24, 2.45) is 11.1 Å². The molecule has 1 aromatic carbocycles. The summed E-state index contributed by atoms with van der Waals surface area (Å²) in [6, 6.07) is 6.08. The summed E-state index contributed by atoms with van der Waals surface area (Å²) >= 11 is 0. The molecule has 0 saturated heterocycles. The number of carbonyl (C=O) groups is 1. The highest BCUT2D eigenvalue weighted by Gasteiger charge is 2.33. The third kappa shape index (κ3) is 2.80. The summed E-state index contributed by atoms with van der Waals surface area (Å²) < 4.78 is 0. The number of nitrogens with one attached hydrogen (secondary N) is 2. The van der Waals surface area contributed by atoms with E-state index in [1.165, 1.54) is 11.3 Å². The van der Waals surface area contributed by atoms with Crippen LogP contribution in [0.4, 0.5) is 11.4 Å². The normalized spacial score (nSPS) is 14.3. The average Bonchev–Trinajstić information content (AvgIpc) is 2.49. The van der Waals surface area contributed by atoms with Gasteiger partial charge in [-0.1, -0.05) is 13.8 Å². The fraction of sp³-hybridized carbons (Fsp3) is 0.562. The Labute approximate surface area is 121 Å². The number of aryl methyl sites for hydroxylation is 1. The lowest BCUT2D eigenvalue weighted by atomic mass is 9.81. The van der Waals surface area contributed by atoms with E-state index in [4.69, 9.17) is 5.73 Å². The van der Waals surface area contributed by atoms with E-state index in [9.17, 15) is 4.79 Å². The SMILES string of the molecule is CCC(CC)(CN)C(=O)Nc1ccc2c(c1)CCCN2. The maximum Gasteiger partial charge on any atom is 0.231 e. The summed E-state index contributed by atoms with van der Waals surface area (Å²) in [5.74, 6) is 0.0359. The van der Waals surface area contributed by atoms with Gasteiger partial charge in [-0.25, -0.2) is 0 Å². The first-order valence-corrected chi connectivity index (χ1v) is 7.53. The van der Waals surface area contributed by atoms with Crippen molar-refractivity contribution in [2.75, 3.05) is 23.7 Å². The number of benzene rings is 1. The zero-order valence-electron chi connectivity index (χ0n) is 12.5. The molecule has 1 aliphatic heterocycles. The standard InChI is InChI=1S/C16H25N3O/c1-3-16(4-2,11-17)15(20)19-13-7-8-14-12(10-13)6-5-9-18-14/h7-8,10,18H,3-6,9,11,17H2,1-2H3,(H,19,20). The number of nitrogens with two attached hydrogens (primary N) is 1. The number of anilines is 2. The Kier molecular flexibility index (Phi) is 4.65. The summed E-state index contributed by atoms with van der Waals surface area (Å²) in [5.41, 5.74) is 8.71. The number of rotatable bonds is 5. The number of hydrogen-bond donors (Lipinski definition) is 3. The summed E-state index contributed by atoms with van der Waals surface area (Å²) in [5, 5.41) is 6.41. The van der Waals surface area contributed by atoms with Gasteiger partial charge in [-0.15, -0.1) is 0 Å². The second-order valence-electron chi connectivity index (χ2n) is 5.55. The molecule has 0 aromatic heterocycles. The number of amides is 1. The van der Waals surface area contributed by atoms with Gasteiger partial charge in [0.05, 0.1) is 5.41 Å². The van der Waals surface area contributed by atoms with Crippen molar-refractivity contribution in [3.8, 4) is 0 Å². The fourth-order valence-electron chi connectivity index (χ4n) is 2.77. The second-order valence-corrected chi connectivity index (χ2v) is 5.55. The van der Waals surface area contributed by atoms with Crippen molar-refractivity contribution in [1.29, 1.82) is 0 Å². The van der Waals surface area contributed by atoms with Gasteiger partial charge < -0.3 is 16.4 Å². The van der Waals surface area contributed by atoms with Gasteiger partial charge in [0.1, 0.15) is 0 Å². The molecule has 1 aromatic rings. The van der Waals surface area contributed by atoms with E-state index in [0.29, 0.717) is 6.54 Å². The molecule has 0 radical (unpaired) electrons. The fourth-order valence-corrected chi connectivity index (χ4v) is 2.77. The van der Waals surface area contributed by atoms with E-state index in [0.717, 1.165) is 37.9 Å². The molecule has 110 valence electrons. The molecule has 4 nitrogen and oxygen atoms in total. The molecule has 1 aliphatic rings. The van der Waals surface area contributed by atoms with Crippen LogP contribution in [-0.4, -0.2) is 19.0 Å². The second kappa shape index (κ2) is 6.27. The maximum absolute atomic E-state index is 12.5. The van der Waals surface area contributed by atoms with Crippen molar-refractivity contribution in [2.45, 2.75) is 39.5 Å². The molecule has 4 N–H and O–H groups in total. The van der Waals surface area contributed by atoms with Gasteiger partial charge in [-0.3, -0.25) is 4.79 Å². The maximum atomic E-state index is 12.5. The number of fused-ring (bicyclic) bond motifs is 1. The Morgan fingerprint density at radius 2 is 2.15 bits per heavy atom. The smallest absolute Gasteiger partial charge is 0.231 e. The van der Waals surface area contributed by atoms with E-state index in [-0.39, 0.29) is 5.91 Å². The highest BCUT2D eigenvalue weighted by Crippen LogP contribution is 2.29. The van der Waals surface area contributed by atoms with Crippen molar-refractivity contribution in [3.63, 3.8) is 0 Å². The molecule has 1 heterocycles. The van der Waals surface area contributed by atoms with Gasteiger partial charge in [0, 0.05) is 24.5 Å². The molecule has 0 fully saturated rings. The molecule has 20 heavy (non-hydrogen) atoms. The lowest BCUT2D eigenvalue weighted by Gasteiger charge is -2.29. The quantitative estimate of drug-likeness (QED) is 0.774. The predicted octanol–water partition coefficient (Wildman–Crippen LogP) is 2.75. The largest absolute Gasteiger partial charge is 0.385 e. The van der Waals surface area contributed by atoms with Crippen LogP contribution in [0.3, 0.4) is 0 Å². The summed E-state index contributed by atoms with van der Waals surface area (Å²) in [7, 11) is 0. The molecular formula is C16H25N3O. The van der Waals surface area contributed by atoms with Gasteiger partial charge in [0.2, 0.25) is 5.91 Å². The molecular weight excluding hydrogens is 250 g/mol. The lowest BCUT2D eigenvalue weighted by molar-refractivity contribution is -0.125. The first-order chi connectivity index (χ1) is 9.65. The summed E-state index contributed by atoms with van der Waals surface area (Å²) in [4.78, 5) is 12.5. The van der Waals surface area contributed by atoms with Gasteiger partial charge >= 0.3 is 0 Å². The molecule has 0 saturated carbocycles. The molecule has 1 amide bonds. The molecule has 2 rings (SSSR count). The van der Waals surface area contributed by atoms with Crippen LogP contribution in [0.2, 0.25) is 0 Å². The molecule has 0 unspecified atom stereocenters. The Bertz CT molecular complexity index is 472. The third-order valence-corrected chi connectivity index (χ3v) is 4.53. The van der Waals surface area contributed by atoms with Gasteiger partial charge in [0.25, 0.3) is 0 Å². The van der Waals surface area contributed by atoms with Crippen LogP contribution in [0.15, 0.2) is 18.2 Å². The highest BCUT2D eigenvalue weighted by atomic mass is 16.2. The predicted molar refractivity (Wildman–Crippen MR) is 84.0 cm³/mol. The Morgan fingerprint density at radius 1 is 1.40 bits per heavy atom. The highest BCUT2D eigenvalue weighted by molar-refractivity contribution is 5.95. The Hall–Kier alpha value is -1.55. The van der Waals surface area contributed by atoms with Crippen molar-refractivity contribution in [1.82, 2.24) is 0 Å². The molecule has 4 heteroatoms. The van der Waals surface area contributed by atoms with Crippen LogP contribution in [0.25, 0.3) is 0 Å². The number of hydrogen-bond acceptors (Lipinski definition) is 3. The van der Waals surface area contributed by atoms with Crippen LogP contribution in [0.5, 0.6) is 0 Å². The average molecular weight is 275 g/mol.